The van der Waals surface area contributed by atoms with Gasteiger partial charge in [-0.25, -0.2) is 4.98 Å². The fourth-order valence-corrected chi connectivity index (χ4v) is 3.65. The molecule has 2 fully saturated rings. The van der Waals surface area contributed by atoms with Gasteiger partial charge in [-0.15, -0.1) is 0 Å². The summed E-state index contributed by atoms with van der Waals surface area (Å²) in [6.45, 7) is 9.19. The average Bonchev–Trinajstić information content (AvgIpc) is 2.68. The number of likely N-dealkylation sites (tertiary alicyclic amines) is 1. The molecule has 27 heavy (non-hydrogen) atoms. The molecule has 0 bridgehead atoms. The average molecular weight is 374 g/mol. The second-order valence-corrected chi connectivity index (χ2v) is 7.94. The summed E-state index contributed by atoms with van der Waals surface area (Å²) in [6.07, 6.45) is 3.18. The lowest BCUT2D eigenvalue weighted by Gasteiger charge is -2.33. The molecule has 148 valence electrons. The lowest BCUT2D eigenvalue weighted by atomic mass is 9.95. The Kier molecular flexibility index (Phi) is 6.31. The van der Waals surface area contributed by atoms with Crippen LogP contribution in [-0.2, 0) is 9.59 Å². The number of nitrogens with zero attached hydrogens (tertiary/aromatic N) is 4. The fraction of sp³-hybridized carbons (Fsp3) is 0.650. The van der Waals surface area contributed by atoms with Crippen LogP contribution in [-0.4, -0.2) is 72.9 Å². The van der Waals surface area contributed by atoms with Gasteiger partial charge in [-0.3, -0.25) is 9.59 Å². The normalized spacial score (nSPS) is 19.4. The molecular weight excluding hydrogens is 342 g/mol. The number of likely N-dealkylation sites (N-methyl/N-ethyl adjacent to an activating group) is 1. The number of amides is 2. The van der Waals surface area contributed by atoms with Crippen LogP contribution in [0, 0.1) is 11.8 Å². The van der Waals surface area contributed by atoms with Crippen LogP contribution in [0.4, 0.5) is 11.5 Å². The Morgan fingerprint density at radius 1 is 1.07 bits per heavy atom. The van der Waals surface area contributed by atoms with Gasteiger partial charge >= 0.3 is 0 Å². The maximum absolute atomic E-state index is 12.5. The van der Waals surface area contributed by atoms with Gasteiger partial charge in [0.2, 0.25) is 11.8 Å². The second kappa shape index (κ2) is 8.69. The van der Waals surface area contributed by atoms with Gasteiger partial charge in [0.25, 0.3) is 0 Å². The molecule has 2 saturated heterocycles. The van der Waals surface area contributed by atoms with Crippen molar-refractivity contribution in [3.8, 4) is 0 Å². The van der Waals surface area contributed by atoms with E-state index in [-0.39, 0.29) is 23.7 Å². The van der Waals surface area contributed by atoms with Crippen LogP contribution >= 0.6 is 0 Å². The molecule has 0 unspecified atom stereocenters. The highest BCUT2D eigenvalue weighted by atomic mass is 16.2. The summed E-state index contributed by atoms with van der Waals surface area (Å²) < 4.78 is 0. The van der Waals surface area contributed by atoms with Crippen molar-refractivity contribution in [1.82, 2.24) is 14.8 Å². The fourth-order valence-electron chi connectivity index (χ4n) is 3.65. The molecule has 3 heterocycles. The number of piperazine rings is 1. The van der Waals surface area contributed by atoms with Crippen LogP contribution in [0.15, 0.2) is 18.3 Å². The number of carbonyl (C=O) groups excluding carboxylic acids is 2. The zero-order chi connectivity index (χ0) is 19.4. The van der Waals surface area contributed by atoms with Crippen molar-refractivity contribution in [2.75, 3.05) is 56.5 Å². The van der Waals surface area contributed by atoms with E-state index in [0.29, 0.717) is 13.1 Å². The number of aromatic nitrogens is 1. The minimum absolute atomic E-state index is 0.0141. The van der Waals surface area contributed by atoms with E-state index < -0.39 is 0 Å². The molecule has 0 aliphatic carbocycles. The first-order valence-corrected chi connectivity index (χ1v) is 9.93. The predicted molar refractivity (Wildman–Crippen MR) is 107 cm³/mol. The Hall–Kier alpha value is -2.15. The molecule has 2 aliphatic heterocycles. The predicted octanol–water partition coefficient (Wildman–Crippen LogP) is 1.67. The third kappa shape index (κ3) is 4.97. The molecule has 3 rings (SSSR count). The number of rotatable bonds is 4. The van der Waals surface area contributed by atoms with Crippen LogP contribution in [0.5, 0.6) is 0 Å². The summed E-state index contributed by atoms with van der Waals surface area (Å²) in [5, 5.41) is 2.98. The van der Waals surface area contributed by atoms with E-state index in [4.69, 9.17) is 0 Å². The molecule has 7 nitrogen and oxygen atoms in total. The molecule has 7 heteroatoms. The molecule has 2 amide bonds. The number of hydrogen-bond acceptors (Lipinski definition) is 5. The smallest absolute Gasteiger partial charge is 0.227 e. The Bertz CT molecular complexity index is 645. The number of carbonyl (C=O) groups is 2. The van der Waals surface area contributed by atoms with E-state index in [2.05, 4.69) is 27.1 Å². The van der Waals surface area contributed by atoms with E-state index in [1.165, 1.54) is 0 Å². The van der Waals surface area contributed by atoms with Crippen LogP contribution < -0.4 is 10.2 Å². The molecule has 1 aromatic heterocycles. The summed E-state index contributed by atoms with van der Waals surface area (Å²) in [4.78, 5) is 35.6. The van der Waals surface area contributed by atoms with Gasteiger partial charge in [-0.05, 0) is 32.0 Å². The molecule has 0 atom stereocenters. The van der Waals surface area contributed by atoms with Gasteiger partial charge in [0.15, 0.2) is 0 Å². The Balaban J connectivity index is 1.49. The molecular formula is C20H31N5O2. The summed E-state index contributed by atoms with van der Waals surface area (Å²) in [5.41, 5.74) is 0.735. The van der Waals surface area contributed by atoms with Crippen molar-refractivity contribution in [3.05, 3.63) is 18.3 Å². The van der Waals surface area contributed by atoms with Crippen LogP contribution in [0.3, 0.4) is 0 Å². The Morgan fingerprint density at radius 2 is 1.74 bits per heavy atom. The highest BCUT2D eigenvalue weighted by Crippen LogP contribution is 2.21. The summed E-state index contributed by atoms with van der Waals surface area (Å²) in [5.74, 6) is 1.14. The topological polar surface area (TPSA) is 68.8 Å². The van der Waals surface area contributed by atoms with Gasteiger partial charge in [0.05, 0.1) is 11.9 Å². The van der Waals surface area contributed by atoms with Crippen LogP contribution in [0.2, 0.25) is 0 Å². The Morgan fingerprint density at radius 3 is 2.30 bits per heavy atom. The van der Waals surface area contributed by atoms with Gasteiger partial charge in [0, 0.05) is 51.1 Å². The Labute approximate surface area is 161 Å². The standard InChI is InChI=1S/C20H31N5O2/c1-15(2)20(27)25-8-6-16(7-9-25)19(26)22-17-4-5-18(21-14-17)24-12-10-23(3)11-13-24/h4-5,14-16H,6-13H2,1-3H3,(H,22,26). The molecule has 0 aromatic carbocycles. The van der Waals surface area contributed by atoms with Gasteiger partial charge in [-0.2, -0.15) is 0 Å². The maximum Gasteiger partial charge on any atom is 0.227 e. The van der Waals surface area contributed by atoms with Crippen LogP contribution in [0.25, 0.3) is 0 Å². The second-order valence-electron chi connectivity index (χ2n) is 7.94. The van der Waals surface area contributed by atoms with E-state index >= 15 is 0 Å². The van der Waals surface area contributed by atoms with E-state index in [1.807, 2.05) is 30.9 Å². The van der Waals surface area contributed by atoms with Gasteiger partial charge in [0.1, 0.15) is 5.82 Å². The minimum Gasteiger partial charge on any atom is -0.354 e. The summed E-state index contributed by atoms with van der Waals surface area (Å²) >= 11 is 0. The van der Waals surface area contributed by atoms with Crippen molar-refractivity contribution < 1.29 is 9.59 Å². The number of nitrogens with one attached hydrogen (secondary N) is 1. The monoisotopic (exact) mass is 373 g/mol. The lowest BCUT2D eigenvalue weighted by Crippen LogP contribution is -2.44. The van der Waals surface area contributed by atoms with E-state index in [1.54, 1.807) is 6.20 Å². The third-order valence-electron chi connectivity index (χ3n) is 5.51. The van der Waals surface area contributed by atoms with E-state index in [0.717, 1.165) is 50.5 Å². The van der Waals surface area contributed by atoms with Crippen molar-refractivity contribution in [1.29, 1.82) is 0 Å². The zero-order valence-corrected chi connectivity index (χ0v) is 16.6. The first kappa shape index (κ1) is 19.6. The zero-order valence-electron chi connectivity index (χ0n) is 16.6. The third-order valence-corrected chi connectivity index (χ3v) is 5.51. The first-order valence-electron chi connectivity index (χ1n) is 9.93. The van der Waals surface area contributed by atoms with Crippen molar-refractivity contribution in [2.24, 2.45) is 11.8 Å². The van der Waals surface area contributed by atoms with Crippen molar-refractivity contribution >= 4 is 23.3 Å². The summed E-state index contributed by atoms with van der Waals surface area (Å²) in [7, 11) is 2.13. The summed E-state index contributed by atoms with van der Waals surface area (Å²) in [6, 6.07) is 3.90. The first-order chi connectivity index (χ1) is 12.9. The molecule has 1 aromatic rings. The van der Waals surface area contributed by atoms with E-state index in [9.17, 15) is 9.59 Å². The number of piperidine rings is 1. The molecule has 0 saturated carbocycles. The molecule has 1 N–H and O–H groups in total. The largest absolute Gasteiger partial charge is 0.354 e. The molecule has 2 aliphatic rings. The van der Waals surface area contributed by atoms with Crippen molar-refractivity contribution in [3.63, 3.8) is 0 Å². The molecule has 0 spiro atoms. The van der Waals surface area contributed by atoms with Gasteiger partial charge < -0.3 is 20.0 Å². The molecule has 0 radical (unpaired) electrons. The highest BCUT2D eigenvalue weighted by Gasteiger charge is 2.28. The van der Waals surface area contributed by atoms with Crippen LogP contribution in [0.1, 0.15) is 26.7 Å². The maximum atomic E-state index is 12.5. The number of anilines is 2. The van der Waals surface area contributed by atoms with Crippen molar-refractivity contribution in [2.45, 2.75) is 26.7 Å². The highest BCUT2D eigenvalue weighted by molar-refractivity contribution is 5.92. The lowest BCUT2D eigenvalue weighted by molar-refractivity contribution is -0.137. The quantitative estimate of drug-likeness (QED) is 0.869. The number of pyridine rings is 1. The number of hydrogen-bond donors (Lipinski definition) is 1. The van der Waals surface area contributed by atoms with Gasteiger partial charge in [-0.1, -0.05) is 13.8 Å². The SMILES string of the molecule is CC(C)C(=O)N1CCC(C(=O)Nc2ccc(N3CCN(C)CC3)nc2)CC1. The minimum atomic E-state index is -0.0430.